The van der Waals surface area contributed by atoms with Gasteiger partial charge in [0.2, 0.25) is 11.3 Å². The van der Waals surface area contributed by atoms with Gasteiger partial charge in [0, 0.05) is 43.0 Å². The minimum atomic E-state index is -2.14. The number of nitrogens with one attached hydrogen (secondary N) is 2. The summed E-state index contributed by atoms with van der Waals surface area (Å²) >= 11 is -2.14. The summed E-state index contributed by atoms with van der Waals surface area (Å²) in [5.74, 6) is -0.738. The van der Waals surface area contributed by atoms with Gasteiger partial charge in [-0.3, -0.25) is 9.35 Å². The van der Waals surface area contributed by atoms with Gasteiger partial charge in [-0.15, -0.1) is 0 Å². The minimum absolute atomic E-state index is 0.158. The molecule has 2 aromatic carbocycles. The maximum absolute atomic E-state index is 14.4. The van der Waals surface area contributed by atoms with Crippen molar-refractivity contribution in [3.8, 4) is 28.4 Å². The highest BCUT2D eigenvalue weighted by Crippen LogP contribution is 2.39. The van der Waals surface area contributed by atoms with Crippen LogP contribution in [0.1, 0.15) is 18.4 Å². The van der Waals surface area contributed by atoms with E-state index in [9.17, 15) is 17.8 Å². The summed E-state index contributed by atoms with van der Waals surface area (Å²) in [5, 5.41) is 3.32. The lowest BCUT2D eigenvalue weighted by Crippen LogP contribution is -2.30. The Labute approximate surface area is 216 Å². The molecular formula is C26H29F2N3O5S. The SMILES string of the molecule is Cn1cc(-c2cc(CCNS(=O)O)ccc2Oc2ccc(F)cc2F)c(OCC2CCNCC2)cc1=O. The lowest BCUT2D eigenvalue weighted by Gasteiger charge is -2.24. The van der Waals surface area contributed by atoms with Crippen LogP contribution in [0, 0.1) is 17.6 Å². The average molecular weight is 534 g/mol. The zero-order valence-electron chi connectivity index (χ0n) is 20.3. The zero-order valence-corrected chi connectivity index (χ0v) is 21.2. The van der Waals surface area contributed by atoms with E-state index in [1.807, 2.05) is 0 Å². The smallest absolute Gasteiger partial charge is 0.254 e. The Morgan fingerprint density at radius 2 is 1.84 bits per heavy atom. The van der Waals surface area contributed by atoms with Crippen LogP contribution in [0.5, 0.6) is 17.2 Å². The molecule has 198 valence electrons. The second-order valence-electron chi connectivity index (χ2n) is 8.91. The summed E-state index contributed by atoms with van der Waals surface area (Å²) < 4.78 is 63.7. The van der Waals surface area contributed by atoms with Gasteiger partial charge in [-0.25, -0.2) is 17.7 Å². The van der Waals surface area contributed by atoms with Crippen LogP contribution in [0.3, 0.4) is 0 Å². The zero-order chi connectivity index (χ0) is 26.4. The third-order valence-electron chi connectivity index (χ3n) is 6.21. The van der Waals surface area contributed by atoms with Crippen LogP contribution in [-0.2, 0) is 24.7 Å². The van der Waals surface area contributed by atoms with Crippen LogP contribution in [0.4, 0.5) is 8.78 Å². The molecule has 1 unspecified atom stereocenters. The fourth-order valence-electron chi connectivity index (χ4n) is 4.18. The number of aryl methyl sites for hydroxylation is 1. The first kappa shape index (κ1) is 26.9. The number of hydrogen-bond acceptors (Lipinski definition) is 5. The minimum Gasteiger partial charge on any atom is -0.492 e. The van der Waals surface area contributed by atoms with Gasteiger partial charge in [0.15, 0.2) is 11.6 Å². The molecule has 0 aliphatic carbocycles. The number of aromatic nitrogens is 1. The number of hydrogen-bond donors (Lipinski definition) is 3. The fourth-order valence-corrected chi connectivity index (χ4v) is 4.46. The van der Waals surface area contributed by atoms with E-state index in [4.69, 9.17) is 14.0 Å². The number of rotatable bonds is 10. The van der Waals surface area contributed by atoms with Crippen molar-refractivity contribution >= 4 is 11.3 Å². The molecule has 1 aromatic heterocycles. The molecule has 2 heterocycles. The van der Waals surface area contributed by atoms with Crippen LogP contribution < -0.4 is 25.1 Å². The Balaban J connectivity index is 1.73. The number of halogens is 2. The average Bonchev–Trinajstić information content (AvgIpc) is 2.87. The molecule has 1 fully saturated rings. The summed E-state index contributed by atoms with van der Waals surface area (Å²) in [7, 11) is 1.62. The number of benzene rings is 2. The second-order valence-corrected chi connectivity index (χ2v) is 9.69. The molecule has 0 saturated carbocycles. The van der Waals surface area contributed by atoms with Gasteiger partial charge in [-0.05, 0) is 68.1 Å². The van der Waals surface area contributed by atoms with Gasteiger partial charge < -0.3 is 19.4 Å². The molecule has 11 heteroatoms. The topological polar surface area (TPSA) is 102 Å². The maximum Gasteiger partial charge on any atom is 0.254 e. The highest BCUT2D eigenvalue weighted by atomic mass is 32.2. The van der Waals surface area contributed by atoms with E-state index < -0.39 is 22.9 Å². The first-order chi connectivity index (χ1) is 17.8. The van der Waals surface area contributed by atoms with E-state index in [0.717, 1.165) is 43.6 Å². The quantitative estimate of drug-likeness (QED) is 0.343. The summed E-state index contributed by atoms with van der Waals surface area (Å²) in [6, 6.07) is 9.66. The molecule has 4 rings (SSSR count). The van der Waals surface area contributed by atoms with Crippen molar-refractivity contribution < 1.29 is 27.0 Å². The molecule has 0 spiro atoms. The summed E-state index contributed by atoms with van der Waals surface area (Å²) in [6.45, 7) is 2.50. The van der Waals surface area contributed by atoms with Gasteiger partial charge in [-0.2, -0.15) is 0 Å². The van der Waals surface area contributed by atoms with Crippen molar-refractivity contribution in [3.05, 3.63) is 76.2 Å². The molecule has 0 bridgehead atoms. The standard InChI is InChI=1S/C26H29F2N3O5S/c1-31-15-21(25(14-26(31)32)35-16-18-6-9-29-10-7-18)20-12-17(8-11-30-37(33)34)2-4-23(20)36-24-5-3-19(27)13-22(24)28/h2-5,12-15,18,29-30H,6-11,16H2,1H3,(H,33,34). The Morgan fingerprint density at radius 3 is 2.57 bits per heavy atom. The Bertz CT molecular complexity index is 1330. The van der Waals surface area contributed by atoms with E-state index in [1.54, 1.807) is 31.4 Å². The third kappa shape index (κ3) is 7.22. The summed E-state index contributed by atoms with van der Waals surface area (Å²) in [6.07, 6.45) is 3.98. The molecule has 1 atom stereocenters. The fraction of sp³-hybridized carbons (Fsp3) is 0.346. The van der Waals surface area contributed by atoms with Gasteiger partial charge in [0.1, 0.15) is 17.3 Å². The molecule has 0 amide bonds. The molecule has 1 saturated heterocycles. The van der Waals surface area contributed by atoms with E-state index in [-0.39, 0.29) is 23.6 Å². The highest BCUT2D eigenvalue weighted by molar-refractivity contribution is 7.77. The Kier molecular flexibility index (Phi) is 9.04. The molecule has 3 aromatic rings. The number of ether oxygens (including phenoxy) is 2. The van der Waals surface area contributed by atoms with Gasteiger partial charge in [0.05, 0.1) is 6.61 Å². The maximum atomic E-state index is 14.4. The molecule has 37 heavy (non-hydrogen) atoms. The molecule has 0 radical (unpaired) electrons. The number of pyridine rings is 1. The van der Waals surface area contributed by atoms with E-state index in [2.05, 4.69) is 10.0 Å². The predicted molar refractivity (Wildman–Crippen MR) is 137 cm³/mol. The van der Waals surface area contributed by atoms with Crippen molar-refractivity contribution in [1.82, 2.24) is 14.6 Å². The molecular weight excluding hydrogens is 504 g/mol. The normalized spacial score (nSPS) is 14.9. The van der Waals surface area contributed by atoms with Gasteiger partial charge >= 0.3 is 0 Å². The Hall–Kier alpha value is -3.12. The number of piperidine rings is 1. The predicted octanol–water partition coefficient (Wildman–Crippen LogP) is 3.77. The van der Waals surface area contributed by atoms with Crippen molar-refractivity contribution in [3.63, 3.8) is 0 Å². The van der Waals surface area contributed by atoms with Crippen molar-refractivity contribution in [2.45, 2.75) is 19.3 Å². The number of nitrogens with zero attached hydrogens (tertiary/aromatic N) is 1. The van der Waals surface area contributed by atoms with Gasteiger partial charge in [0.25, 0.3) is 5.56 Å². The first-order valence-corrected chi connectivity index (χ1v) is 13.1. The second kappa shape index (κ2) is 12.4. The van der Waals surface area contributed by atoms with E-state index in [1.165, 1.54) is 16.7 Å². The summed E-state index contributed by atoms with van der Waals surface area (Å²) in [4.78, 5) is 12.5. The molecule has 1 aliphatic heterocycles. The van der Waals surface area contributed by atoms with E-state index >= 15 is 0 Å². The van der Waals surface area contributed by atoms with Crippen LogP contribution in [0.2, 0.25) is 0 Å². The van der Waals surface area contributed by atoms with Crippen LogP contribution in [0.25, 0.3) is 11.1 Å². The lowest BCUT2D eigenvalue weighted by atomic mass is 9.99. The van der Waals surface area contributed by atoms with Crippen LogP contribution in [0.15, 0.2) is 53.5 Å². The van der Waals surface area contributed by atoms with Crippen molar-refractivity contribution in [2.24, 2.45) is 13.0 Å². The van der Waals surface area contributed by atoms with Crippen LogP contribution in [-0.4, -0.2) is 39.6 Å². The van der Waals surface area contributed by atoms with Crippen molar-refractivity contribution in [2.75, 3.05) is 26.2 Å². The molecule has 1 aliphatic rings. The Morgan fingerprint density at radius 1 is 1.08 bits per heavy atom. The third-order valence-corrected chi connectivity index (χ3v) is 6.66. The molecule has 3 N–H and O–H groups in total. The highest BCUT2D eigenvalue weighted by Gasteiger charge is 2.19. The monoisotopic (exact) mass is 533 g/mol. The summed E-state index contributed by atoms with van der Waals surface area (Å²) in [5.41, 5.74) is 1.65. The molecule has 8 nitrogen and oxygen atoms in total. The first-order valence-electron chi connectivity index (χ1n) is 11.9. The largest absolute Gasteiger partial charge is 0.492 e. The van der Waals surface area contributed by atoms with Crippen LogP contribution >= 0.6 is 0 Å². The lowest BCUT2D eigenvalue weighted by molar-refractivity contribution is 0.215. The van der Waals surface area contributed by atoms with E-state index in [0.29, 0.717) is 35.8 Å². The van der Waals surface area contributed by atoms with Gasteiger partial charge in [-0.1, -0.05) is 6.07 Å². The van der Waals surface area contributed by atoms with Crippen molar-refractivity contribution in [1.29, 1.82) is 0 Å².